The van der Waals surface area contributed by atoms with Crippen LogP contribution in [0.2, 0.25) is 0 Å². The van der Waals surface area contributed by atoms with E-state index in [1.165, 1.54) is 11.4 Å². The average molecular weight is 354 g/mol. The first-order valence-electron chi connectivity index (χ1n) is 8.12. The van der Waals surface area contributed by atoms with Gasteiger partial charge in [-0.25, -0.2) is 8.42 Å². The Labute approximate surface area is 142 Å². The first-order chi connectivity index (χ1) is 11.5. The number of nitrogens with zero attached hydrogens (tertiary/aromatic N) is 1. The van der Waals surface area contributed by atoms with Crippen molar-refractivity contribution in [3.05, 3.63) is 18.2 Å². The molecule has 2 fully saturated rings. The Morgan fingerprint density at radius 2 is 2.17 bits per heavy atom. The molecule has 0 radical (unpaired) electrons. The lowest BCUT2D eigenvalue weighted by atomic mass is 10.2. The molecule has 2 aliphatic heterocycles. The molecule has 8 heteroatoms. The van der Waals surface area contributed by atoms with Crippen LogP contribution in [0.3, 0.4) is 0 Å². The van der Waals surface area contributed by atoms with Gasteiger partial charge in [0.2, 0.25) is 10.0 Å². The Kier molecular flexibility index (Phi) is 4.96. The molecule has 0 saturated carbocycles. The number of ether oxygens (including phenoxy) is 2. The SMILES string of the molecule is COc1ccc(NC(=O)C2CCCO2)cc1N1CCCCS1(=O)=O. The molecule has 132 valence electrons. The Morgan fingerprint density at radius 3 is 2.83 bits per heavy atom. The molecule has 0 spiro atoms. The predicted molar refractivity (Wildman–Crippen MR) is 91.0 cm³/mol. The summed E-state index contributed by atoms with van der Waals surface area (Å²) in [6.07, 6.45) is 2.60. The third-order valence-corrected chi connectivity index (χ3v) is 6.14. The van der Waals surface area contributed by atoms with Crippen LogP contribution < -0.4 is 14.4 Å². The van der Waals surface area contributed by atoms with Crippen molar-refractivity contribution in [2.45, 2.75) is 31.8 Å². The number of carbonyl (C=O) groups excluding carboxylic acids is 1. The van der Waals surface area contributed by atoms with Gasteiger partial charge in [0.25, 0.3) is 5.91 Å². The maximum absolute atomic E-state index is 12.4. The van der Waals surface area contributed by atoms with Crippen LogP contribution in [0, 0.1) is 0 Å². The van der Waals surface area contributed by atoms with Crippen LogP contribution >= 0.6 is 0 Å². The van der Waals surface area contributed by atoms with Gasteiger partial charge in [0, 0.05) is 18.8 Å². The molecule has 1 aromatic rings. The zero-order chi connectivity index (χ0) is 17.2. The monoisotopic (exact) mass is 354 g/mol. The number of nitrogens with one attached hydrogen (secondary N) is 1. The van der Waals surface area contributed by atoms with Gasteiger partial charge in [-0.05, 0) is 43.9 Å². The number of sulfonamides is 1. The number of hydrogen-bond acceptors (Lipinski definition) is 5. The topological polar surface area (TPSA) is 84.9 Å². The van der Waals surface area contributed by atoms with Crippen LogP contribution in [0.25, 0.3) is 0 Å². The van der Waals surface area contributed by atoms with Crippen molar-refractivity contribution in [2.75, 3.05) is 35.6 Å². The summed E-state index contributed by atoms with van der Waals surface area (Å²) in [6, 6.07) is 5.02. The predicted octanol–water partition coefficient (Wildman–Crippen LogP) is 1.74. The van der Waals surface area contributed by atoms with E-state index < -0.39 is 16.1 Å². The van der Waals surface area contributed by atoms with Crippen LogP contribution in [0.15, 0.2) is 18.2 Å². The second-order valence-electron chi connectivity index (χ2n) is 5.97. The first kappa shape index (κ1) is 17.0. The molecule has 1 atom stereocenters. The minimum absolute atomic E-state index is 0.128. The van der Waals surface area contributed by atoms with Crippen LogP contribution in [0.5, 0.6) is 5.75 Å². The molecule has 3 rings (SSSR count). The van der Waals surface area contributed by atoms with E-state index >= 15 is 0 Å². The molecule has 7 nitrogen and oxygen atoms in total. The van der Waals surface area contributed by atoms with E-state index in [0.717, 1.165) is 12.8 Å². The van der Waals surface area contributed by atoms with E-state index in [2.05, 4.69) is 5.32 Å². The molecule has 24 heavy (non-hydrogen) atoms. The summed E-state index contributed by atoms with van der Waals surface area (Å²) >= 11 is 0. The summed E-state index contributed by atoms with van der Waals surface area (Å²) in [7, 11) is -1.85. The fourth-order valence-corrected chi connectivity index (χ4v) is 4.67. The second-order valence-corrected chi connectivity index (χ2v) is 7.99. The fraction of sp³-hybridized carbons (Fsp3) is 0.562. The van der Waals surface area contributed by atoms with Gasteiger partial charge < -0.3 is 14.8 Å². The van der Waals surface area contributed by atoms with Crippen LogP contribution in [-0.4, -0.2) is 46.4 Å². The lowest BCUT2D eigenvalue weighted by Gasteiger charge is -2.29. The maximum Gasteiger partial charge on any atom is 0.253 e. The Balaban J connectivity index is 1.86. The minimum atomic E-state index is -3.35. The van der Waals surface area contributed by atoms with Crippen molar-refractivity contribution in [3.63, 3.8) is 0 Å². The molecule has 0 aromatic heterocycles. The molecule has 1 aromatic carbocycles. The van der Waals surface area contributed by atoms with Crippen molar-refractivity contribution < 1.29 is 22.7 Å². The van der Waals surface area contributed by atoms with E-state index in [4.69, 9.17) is 9.47 Å². The van der Waals surface area contributed by atoms with Crippen LogP contribution in [-0.2, 0) is 19.6 Å². The van der Waals surface area contributed by atoms with E-state index in [1.807, 2.05) is 0 Å². The summed E-state index contributed by atoms with van der Waals surface area (Å²) in [5, 5.41) is 2.80. The minimum Gasteiger partial charge on any atom is -0.495 e. The number of carbonyl (C=O) groups is 1. The number of benzene rings is 1. The van der Waals surface area contributed by atoms with Gasteiger partial charge in [-0.2, -0.15) is 0 Å². The van der Waals surface area contributed by atoms with E-state index in [9.17, 15) is 13.2 Å². The van der Waals surface area contributed by atoms with E-state index in [1.54, 1.807) is 18.2 Å². The highest BCUT2D eigenvalue weighted by Gasteiger charge is 2.29. The normalized spacial score (nSPS) is 23.0. The Hall–Kier alpha value is -1.80. The Bertz CT molecular complexity index is 713. The highest BCUT2D eigenvalue weighted by Crippen LogP contribution is 2.35. The van der Waals surface area contributed by atoms with E-state index in [0.29, 0.717) is 43.1 Å². The second kappa shape index (κ2) is 6.98. The van der Waals surface area contributed by atoms with Gasteiger partial charge >= 0.3 is 0 Å². The summed E-state index contributed by atoms with van der Waals surface area (Å²) in [4.78, 5) is 12.2. The van der Waals surface area contributed by atoms with Gasteiger partial charge in [0.05, 0.1) is 18.6 Å². The summed E-state index contributed by atoms with van der Waals surface area (Å²) in [6.45, 7) is 1.01. The largest absolute Gasteiger partial charge is 0.495 e. The maximum atomic E-state index is 12.4. The summed E-state index contributed by atoms with van der Waals surface area (Å²) in [5.41, 5.74) is 0.995. The average Bonchev–Trinajstić information content (AvgIpc) is 3.09. The highest BCUT2D eigenvalue weighted by molar-refractivity contribution is 7.92. The number of methoxy groups -OCH3 is 1. The van der Waals surface area contributed by atoms with Crippen molar-refractivity contribution in [3.8, 4) is 5.75 Å². The lowest BCUT2D eigenvalue weighted by Crippen LogP contribution is -2.38. The summed E-state index contributed by atoms with van der Waals surface area (Å²) in [5.74, 6) is 0.392. The Morgan fingerprint density at radius 1 is 1.33 bits per heavy atom. The van der Waals surface area contributed by atoms with Gasteiger partial charge in [-0.1, -0.05) is 0 Å². The lowest BCUT2D eigenvalue weighted by molar-refractivity contribution is -0.124. The van der Waals surface area contributed by atoms with E-state index in [-0.39, 0.29) is 11.7 Å². The summed E-state index contributed by atoms with van der Waals surface area (Å²) < 4.78 is 36.8. The molecular weight excluding hydrogens is 332 g/mol. The molecule has 0 bridgehead atoms. The van der Waals surface area contributed by atoms with Gasteiger partial charge in [0.1, 0.15) is 11.9 Å². The molecule has 1 amide bonds. The molecule has 0 aliphatic carbocycles. The smallest absolute Gasteiger partial charge is 0.253 e. The molecule has 1 unspecified atom stereocenters. The molecule has 1 N–H and O–H groups in total. The molecular formula is C16H22N2O5S. The number of hydrogen-bond donors (Lipinski definition) is 1. The zero-order valence-electron chi connectivity index (χ0n) is 13.7. The number of anilines is 2. The zero-order valence-corrected chi connectivity index (χ0v) is 14.5. The van der Waals surface area contributed by atoms with Crippen molar-refractivity contribution in [1.29, 1.82) is 0 Å². The van der Waals surface area contributed by atoms with Crippen LogP contribution in [0.1, 0.15) is 25.7 Å². The molecule has 2 saturated heterocycles. The number of rotatable bonds is 4. The standard InChI is InChI=1S/C16H22N2O5S/c1-22-14-7-6-12(17-16(19)15-5-4-9-23-15)11-13(14)18-8-2-3-10-24(18,20)21/h6-7,11,15H,2-5,8-10H2,1H3,(H,17,19). The highest BCUT2D eigenvalue weighted by atomic mass is 32.2. The van der Waals surface area contributed by atoms with Crippen LogP contribution in [0.4, 0.5) is 11.4 Å². The molecule has 2 aliphatic rings. The van der Waals surface area contributed by atoms with Crippen molar-refractivity contribution >= 4 is 27.3 Å². The van der Waals surface area contributed by atoms with Crippen molar-refractivity contribution in [1.82, 2.24) is 0 Å². The quantitative estimate of drug-likeness (QED) is 0.890. The third-order valence-electron chi connectivity index (χ3n) is 4.29. The van der Waals surface area contributed by atoms with Crippen molar-refractivity contribution in [2.24, 2.45) is 0 Å². The van der Waals surface area contributed by atoms with Gasteiger partial charge in [-0.3, -0.25) is 9.10 Å². The third kappa shape index (κ3) is 3.49. The van der Waals surface area contributed by atoms with Gasteiger partial charge in [0.15, 0.2) is 0 Å². The molecule has 2 heterocycles. The number of amides is 1. The van der Waals surface area contributed by atoms with Gasteiger partial charge in [-0.15, -0.1) is 0 Å². The fourth-order valence-electron chi connectivity index (χ4n) is 3.03. The first-order valence-corrected chi connectivity index (χ1v) is 9.73.